The van der Waals surface area contributed by atoms with E-state index in [0.29, 0.717) is 27.5 Å². The van der Waals surface area contributed by atoms with Crippen LogP contribution in [0.1, 0.15) is 24.2 Å². The van der Waals surface area contributed by atoms with Crippen molar-refractivity contribution < 1.29 is 14.3 Å². The van der Waals surface area contributed by atoms with Crippen LogP contribution in [-0.4, -0.2) is 28.5 Å². The number of fused-ring (bicyclic) bond motifs is 3. The van der Waals surface area contributed by atoms with Crippen LogP contribution in [-0.2, 0) is 9.53 Å². The minimum atomic E-state index is -0.504. The molecule has 0 spiro atoms. The van der Waals surface area contributed by atoms with E-state index in [0.717, 1.165) is 0 Å². The molecule has 3 N–H and O–H groups in total. The van der Waals surface area contributed by atoms with Gasteiger partial charge in [0.15, 0.2) is 0 Å². The van der Waals surface area contributed by atoms with E-state index in [4.69, 9.17) is 4.74 Å². The molecule has 0 bridgehead atoms. The molecule has 0 aliphatic rings. The van der Waals surface area contributed by atoms with Crippen LogP contribution in [0.4, 0.5) is 5.69 Å². The van der Waals surface area contributed by atoms with E-state index in [1.54, 1.807) is 25.1 Å². The van der Waals surface area contributed by atoms with Gasteiger partial charge in [-0.1, -0.05) is 0 Å². The van der Waals surface area contributed by atoms with Crippen molar-refractivity contribution >= 4 is 39.4 Å². The Kier molecular flexibility index (Phi) is 3.61. The molecule has 1 amide bonds. The Morgan fingerprint density at radius 3 is 2.78 bits per heavy atom. The van der Waals surface area contributed by atoms with Crippen molar-refractivity contribution in [2.75, 3.05) is 11.9 Å². The van der Waals surface area contributed by atoms with Crippen LogP contribution >= 0.6 is 0 Å². The van der Waals surface area contributed by atoms with E-state index >= 15 is 0 Å². The third-order valence-electron chi connectivity index (χ3n) is 3.46. The summed E-state index contributed by atoms with van der Waals surface area (Å²) in [5.74, 6) is -0.708. The lowest BCUT2D eigenvalue weighted by atomic mass is 10.1. The highest BCUT2D eigenvalue weighted by atomic mass is 16.5. The molecule has 0 saturated heterocycles. The number of rotatable bonds is 3. The molecular formula is C16H15N3O4. The molecule has 3 aromatic rings. The molecule has 0 radical (unpaired) electrons. The Morgan fingerprint density at radius 1 is 1.30 bits per heavy atom. The van der Waals surface area contributed by atoms with Gasteiger partial charge in [-0.15, -0.1) is 0 Å². The van der Waals surface area contributed by atoms with Gasteiger partial charge in [-0.3, -0.25) is 9.59 Å². The van der Waals surface area contributed by atoms with Gasteiger partial charge in [-0.25, -0.2) is 4.79 Å². The summed E-state index contributed by atoms with van der Waals surface area (Å²) in [6.07, 6.45) is 1.46. The minimum absolute atomic E-state index is 0.204. The summed E-state index contributed by atoms with van der Waals surface area (Å²) in [5, 5.41) is 3.81. The molecule has 3 rings (SSSR count). The van der Waals surface area contributed by atoms with E-state index in [2.05, 4.69) is 15.3 Å². The normalized spacial score (nSPS) is 10.9. The Bertz CT molecular complexity index is 984. The third-order valence-corrected chi connectivity index (χ3v) is 3.46. The Morgan fingerprint density at radius 2 is 2.09 bits per heavy atom. The number of aromatic amines is 2. The zero-order valence-corrected chi connectivity index (χ0v) is 12.6. The summed E-state index contributed by atoms with van der Waals surface area (Å²) < 4.78 is 5.04. The van der Waals surface area contributed by atoms with Gasteiger partial charge in [0.2, 0.25) is 5.91 Å². The SMILES string of the molecule is CCOC(=O)c1c[nH]c2c(=O)[nH]c3ccc(NC(C)=O)cc3c12. The maximum atomic E-state index is 12.1. The topological polar surface area (TPSA) is 104 Å². The largest absolute Gasteiger partial charge is 0.462 e. The quantitative estimate of drug-likeness (QED) is 0.644. The van der Waals surface area contributed by atoms with Crippen molar-refractivity contribution in [3.8, 4) is 0 Å². The molecule has 7 heteroatoms. The fourth-order valence-corrected chi connectivity index (χ4v) is 2.58. The summed E-state index contributed by atoms with van der Waals surface area (Å²) in [4.78, 5) is 41.0. The third kappa shape index (κ3) is 2.57. The van der Waals surface area contributed by atoms with E-state index in [9.17, 15) is 14.4 Å². The average molecular weight is 313 g/mol. The van der Waals surface area contributed by atoms with Crippen molar-refractivity contribution in [3.63, 3.8) is 0 Å². The monoisotopic (exact) mass is 313 g/mol. The van der Waals surface area contributed by atoms with Crippen LogP contribution < -0.4 is 10.9 Å². The first-order valence-electron chi connectivity index (χ1n) is 7.13. The van der Waals surface area contributed by atoms with Crippen molar-refractivity contribution in [1.82, 2.24) is 9.97 Å². The van der Waals surface area contributed by atoms with Crippen LogP contribution in [0, 0.1) is 0 Å². The van der Waals surface area contributed by atoms with E-state index in [-0.39, 0.29) is 23.6 Å². The van der Waals surface area contributed by atoms with Crippen molar-refractivity contribution in [1.29, 1.82) is 0 Å². The molecule has 23 heavy (non-hydrogen) atoms. The number of amides is 1. The van der Waals surface area contributed by atoms with Gasteiger partial charge >= 0.3 is 5.97 Å². The number of nitrogens with one attached hydrogen (secondary N) is 3. The number of hydrogen-bond donors (Lipinski definition) is 3. The number of carbonyl (C=O) groups is 2. The standard InChI is InChI=1S/C16H15N3O4/c1-3-23-16(22)11-7-17-14-13(11)10-6-9(18-8(2)20)4-5-12(10)19-15(14)21/h4-7,17H,3H2,1-2H3,(H,18,20)(H,19,21). The summed E-state index contributed by atoms with van der Waals surface area (Å²) >= 11 is 0. The van der Waals surface area contributed by atoms with Crippen molar-refractivity contribution in [2.45, 2.75) is 13.8 Å². The summed E-state index contributed by atoms with van der Waals surface area (Å²) in [6.45, 7) is 3.36. The average Bonchev–Trinajstić information content (AvgIpc) is 2.93. The van der Waals surface area contributed by atoms with E-state index in [1.165, 1.54) is 13.1 Å². The number of benzene rings is 1. The number of hydrogen-bond acceptors (Lipinski definition) is 4. The highest BCUT2D eigenvalue weighted by Gasteiger charge is 2.18. The number of anilines is 1. The van der Waals surface area contributed by atoms with Gasteiger partial charge in [-0.05, 0) is 25.1 Å². The van der Waals surface area contributed by atoms with Crippen molar-refractivity contribution in [3.05, 3.63) is 40.3 Å². The number of H-pyrrole nitrogens is 2. The van der Waals surface area contributed by atoms with Crippen LogP contribution in [0.2, 0.25) is 0 Å². The highest BCUT2D eigenvalue weighted by molar-refractivity contribution is 6.15. The molecule has 0 atom stereocenters. The van der Waals surface area contributed by atoms with Crippen LogP contribution in [0.3, 0.4) is 0 Å². The minimum Gasteiger partial charge on any atom is -0.462 e. The molecule has 0 saturated carbocycles. The second-order valence-corrected chi connectivity index (χ2v) is 5.07. The zero-order chi connectivity index (χ0) is 16.6. The predicted molar refractivity (Wildman–Crippen MR) is 86.7 cm³/mol. The lowest BCUT2D eigenvalue weighted by Crippen LogP contribution is -2.09. The fraction of sp³-hybridized carbons (Fsp3) is 0.188. The van der Waals surface area contributed by atoms with Gasteiger partial charge < -0.3 is 20.0 Å². The van der Waals surface area contributed by atoms with Crippen LogP contribution in [0.15, 0.2) is 29.2 Å². The second kappa shape index (κ2) is 5.60. The van der Waals surface area contributed by atoms with Crippen LogP contribution in [0.5, 0.6) is 0 Å². The summed E-state index contributed by atoms with van der Waals surface area (Å²) in [6, 6.07) is 5.08. The molecule has 118 valence electrons. The molecule has 0 aliphatic carbocycles. The van der Waals surface area contributed by atoms with Gasteiger partial charge in [0.1, 0.15) is 5.52 Å². The summed E-state index contributed by atoms with van der Waals surface area (Å²) in [7, 11) is 0. The number of esters is 1. The number of pyridine rings is 1. The second-order valence-electron chi connectivity index (χ2n) is 5.07. The smallest absolute Gasteiger partial charge is 0.340 e. The van der Waals surface area contributed by atoms with E-state index in [1.807, 2.05) is 0 Å². The molecule has 0 unspecified atom stereocenters. The van der Waals surface area contributed by atoms with E-state index < -0.39 is 5.97 Å². The first kappa shape index (κ1) is 14.8. The molecule has 0 aliphatic heterocycles. The van der Waals surface area contributed by atoms with Gasteiger partial charge in [0, 0.05) is 35.1 Å². The molecule has 0 fully saturated rings. The maximum Gasteiger partial charge on any atom is 0.340 e. The molecule has 2 heterocycles. The Hall–Kier alpha value is -3.09. The summed E-state index contributed by atoms with van der Waals surface area (Å²) in [5.41, 5.74) is 1.41. The fourth-order valence-electron chi connectivity index (χ4n) is 2.58. The van der Waals surface area contributed by atoms with Gasteiger partial charge in [0.05, 0.1) is 12.2 Å². The number of ether oxygens (including phenoxy) is 1. The van der Waals surface area contributed by atoms with Crippen LogP contribution in [0.25, 0.3) is 21.8 Å². The molecule has 7 nitrogen and oxygen atoms in total. The number of carbonyl (C=O) groups excluding carboxylic acids is 2. The molecule has 2 aromatic heterocycles. The lowest BCUT2D eigenvalue weighted by molar-refractivity contribution is -0.114. The lowest BCUT2D eigenvalue weighted by Gasteiger charge is -2.07. The van der Waals surface area contributed by atoms with Gasteiger partial charge in [-0.2, -0.15) is 0 Å². The Labute approximate surface area is 130 Å². The maximum absolute atomic E-state index is 12.1. The highest BCUT2D eigenvalue weighted by Crippen LogP contribution is 2.27. The first-order chi connectivity index (χ1) is 11.0. The number of aromatic nitrogens is 2. The Balaban J connectivity index is 2.33. The molecule has 1 aromatic carbocycles. The zero-order valence-electron chi connectivity index (χ0n) is 12.6. The van der Waals surface area contributed by atoms with Crippen molar-refractivity contribution in [2.24, 2.45) is 0 Å². The first-order valence-corrected chi connectivity index (χ1v) is 7.13. The predicted octanol–water partition coefficient (Wildman–Crippen LogP) is 2.14. The molecular weight excluding hydrogens is 298 g/mol. The van der Waals surface area contributed by atoms with Gasteiger partial charge in [0.25, 0.3) is 5.56 Å².